The summed E-state index contributed by atoms with van der Waals surface area (Å²) >= 11 is 0. The summed E-state index contributed by atoms with van der Waals surface area (Å²) in [7, 11) is -3.45. The van der Waals surface area contributed by atoms with Gasteiger partial charge in [0.2, 0.25) is 16.0 Å². The molecule has 3 N–H and O–H groups in total. The summed E-state index contributed by atoms with van der Waals surface area (Å²) in [4.78, 5) is 13.9. The van der Waals surface area contributed by atoms with E-state index in [1.54, 1.807) is 30.5 Å². The number of sulfonamides is 1. The van der Waals surface area contributed by atoms with E-state index >= 15 is 0 Å². The van der Waals surface area contributed by atoms with Crippen molar-refractivity contribution in [1.29, 1.82) is 0 Å². The standard InChI is InChI=1S/C28H35N7O2S/c36-38(37,24-7-2-1-3-8-24)32-20-23-13-11-22(12-14-23)19-31-28-33-26-10-5-4-9-25(26)27(34-28)30-15-6-17-35-18-16-29-21-35/h1-5,7-10,16,18,21-23,32H,6,11-15,17,19-20H2,(H2,30,31,33,34). The van der Waals surface area contributed by atoms with Crippen LogP contribution >= 0.6 is 0 Å². The highest BCUT2D eigenvalue weighted by Crippen LogP contribution is 2.29. The van der Waals surface area contributed by atoms with Crippen molar-refractivity contribution in [2.24, 2.45) is 11.8 Å². The predicted molar refractivity (Wildman–Crippen MR) is 150 cm³/mol. The fraction of sp³-hybridized carbons (Fsp3) is 0.393. The first-order valence-corrected chi connectivity index (χ1v) is 14.8. The summed E-state index contributed by atoms with van der Waals surface area (Å²) in [6.07, 6.45) is 10.7. The Balaban J connectivity index is 1.11. The third kappa shape index (κ3) is 6.87. The molecule has 0 unspecified atom stereocenters. The highest BCUT2D eigenvalue weighted by molar-refractivity contribution is 7.89. The molecule has 0 saturated heterocycles. The van der Waals surface area contributed by atoms with Crippen LogP contribution in [0.25, 0.3) is 10.9 Å². The Morgan fingerprint density at radius 1 is 0.868 bits per heavy atom. The van der Waals surface area contributed by atoms with Crippen molar-refractivity contribution < 1.29 is 8.42 Å². The molecule has 9 nitrogen and oxygen atoms in total. The number of nitrogens with zero attached hydrogens (tertiary/aromatic N) is 4. The van der Waals surface area contributed by atoms with Crippen molar-refractivity contribution in [1.82, 2.24) is 24.2 Å². The van der Waals surface area contributed by atoms with Gasteiger partial charge in [0.15, 0.2) is 0 Å². The molecule has 2 aromatic carbocycles. The lowest BCUT2D eigenvalue weighted by atomic mass is 9.82. The van der Waals surface area contributed by atoms with E-state index in [0.29, 0.717) is 29.2 Å². The molecule has 38 heavy (non-hydrogen) atoms. The van der Waals surface area contributed by atoms with Crippen LogP contribution in [0.4, 0.5) is 11.8 Å². The predicted octanol–water partition coefficient (Wildman–Crippen LogP) is 4.53. The third-order valence-corrected chi connectivity index (χ3v) is 8.62. The molecule has 0 radical (unpaired) electrons. The number of fused-ring (bicyclic) bond motifs is 1. The molecule has 1 saturated carbocycles. The molecule has 0 atom stereocenters. The number of rotatable bonds is 12. The van der Waals surface area contributed by atoms with Crippen LogP contribution < -0.4 is 15.4 Å². The molecule has 1 aliphatic rings. The van der Waals surface area contributed by atoms with Crippen molar-refractivity contribution in [3.05, 3.63) is 73.3 Å². The Morgan fingerprint density at radius 3 is 2.37 bits per heavy atom. The van der Waals surface area contributed by atoms with Crippen molar-refractivity contribution in [2.75, 3.05) is 30.3 Å². The molecule has 200 valence electrons. The number of aromatic nitrogens is 4. The minimum Gasteiger partial charge on any atom is -0.369 e. The number of hydrogen-bond donors (Lipinski definition) is 3. The third-order valence-electron chi connectivity index (χ3n) is 7.18. The van der Waals surface area contributed by atoms with Crippen LogP contribution in [-0.2, 0) is 16.6 Å². The normalized spacial score (nSPS) is 17.9. The van der Waals surface area contributed by atoms with Crippen molar-refractivity contribution in [3.8, 4) is 0 Å². The SMILES string of the molecule is O=S(=O)(NCC1CCC(CNc2nc(NCCCn3ccnc3)c3ccccc3n2)CC1)c1ccccc1. The molecule has 2 heterocycles. The highest BCUT2D eigenvalue weighted by atomic mass is 32.2. The van der Waals surface area contributed by atoms with Crippen molar-refractivity contribution >= 4 is 32.7 Å². The average molecular weight is 534 g/mol. The quantitative estimate of drug-likeness (QED) is 0.229. The minimum atomic E-state index is -3.45. The van der Waals surface area contributed by atoms with Crippen LogP contribution in [0.2, 0.25) is 0 Å². The molecule has 1 aliphatic carbocycles. The molecule has 10 heteroatoms. The van der Waals surface area contributed by atoms with Gasteiger partial charge in [-0.25, -0.2) is 23.1 Å². The smallest absolute Gasteiger partial charge is 0.240 e. The lowest BCUT2D eigenvalue weighted by Crippen LogP contribution is -2.32. The number of benzene rings is 2. The molecule has 2 aromatic heterocycles. The van der Waals surface area contributed by atoms with Crippen LogP contribution in [0.15, 0.2) is 78.2 Å². The molecule has 0 aliphatic heterocycles. The van der Waals surface area contributed by atoms with Gasteiger partial charge in [0.05, 0.1) is 16.7 Å². The van der Waals surface area contributed by atoms with Gasteiger partial charge in [0.25, 0.3) is 0 Å². The van der Waals surface area contributed by atoms with Gasteiger partial charge < -0.3 is 15.2 Å². The molecule has 4 aromatic rings. The molecule has 0 amide bonds. The molecular formula is C28H35N7O2S. The average Bonchev–Trinajstić information content (AvgIpc) is 3.48. The number of aryl methyl sites for hydroxylation is 1. The van der Waals surface area contributed by atoms with Gasteiger partial charge in [-0.1, -0.05) is 30.3 Å². The Morgan fingerprint density at radius 2 is 1.61 bits per heavy atom. The Hall–Kier alpha value is -3.50. The van der Waals surface area contributed by atoms with E-state index < -0.39 is 10.0 Å². The zero-order valence-corrected chi connectivity index (χ0v) is 22.3. The summed E-state index contributed by atoms with van der Waals surface area (Å²) in [6.45, 7) is 3.00. The van der Waals surface area contributed by atoms with Gasteiger partial charge >= 0.3 is 0 Å². The van der Waals surface area contributed by atoms with E-state index in [0.717, 1.165) is 68.5 Å². The van der Waals surface area contributed by atoms with E-state index in [1.165, 1.54) is 0 Å². The second kappa shape index (κ2) is 12.4. The summed E-state index contributed by atoms with van der Waals surface area (Å²) in [5.74, 6) is 2.36. The van der Waals surface area contributed by atoms with Gasteiger partial charge in [0.1, 0.15) is 5.82 Å². The van der Waals surface area contributed by atoms with Crippen LogP contribution in [0.3, 0.4) is 0 Å². The Labute approximate surface area is 224 Å². The lowest BCUT2D eigenvalue weighted by Gasteiger charge is -2.28. The molecule has 1 fully saturated rings. The van der Waals surface area contributed by atoms with Gasteiger partial charge in [-0.15, -0.1) is 0 Å². The van der Waals surface area contributed by atoms with E-state index in [-0.39, 0.29) is 0 Å². The Kier molecular flexibility index (Phi) is 8.50. The van der Waals surface area contributed by atoms with Gasteiger partial charge in [-0.2, -0.15) is 4.98 Å². The van der Waals surface area contributed by atoms with E-state index in [9.17, 15) is 8.42 Å². The van der Waals surface area contributed by atoms with Crippen LogP contribution in [-0.4, -0.2) is 47.6 Å². The second-order valence-corrected chi connectivity index (χ2v) is 11.7. The number of anilines is 2. The summed E-state index contributed by atoms with van der Waals surface area (Å²) in [5.41, 5.74) is 0.913. The molecule has 0 bridgehead atoms. The van der Waals surface area contributed by atoms with Crippen LogP contribution in [0.1, 0.15) is 32.1 Å². The minimum absolute atomic E-state index is 0.320. The zero-order valence-electron chi connectivity index (χ0n) is 21.5. The zero-order chi connectivity index (χ0) is 26.2. The molecular weight excluding hydrogens is 498 g/mol. The van der Waals surface area contributed by atoms with Crippen LogP contribution in [0, 0.1) is 11.8 Å². The number of imidazole rings is 1. The second-order valence-electron chi connectivity index (χ2n) is 9.93. The number of hydrogen-bond acceptors (Lipinski definition) is 7. The van der Waals surface area contributed by atoms with Gasteiger partial charge in [0, 0.05) is 44.0 Å². The first-order chi connectivity index (χ1) is 18.6. The van der Waals surface area contributed by atoms with Crippen LogP contribution in [0.5, 0.6) is 0 Å². The maximum Gasteiger partial charge on any atom is 0.240 e. The summed E-state index contributed by atoms with van der Waals surface area (Å²) in [6, 6.07) is 16.6. The lowest BCUT2D eigenvalue weighted by molar-refractivity contribution is 0.284. The molecule has 0 spiro atoms. The van der Waals surface area contributed by atoms with E-state index in [2.05, 4.69) is 24.9 Å². The maximum absolute atomic E-state index is 12.5. The number of para-hydroxylation sites is 1. The van der Waals surface area contributed by atoms with E-state index in [4.69, 9.17) is 9.97 Å². The monoisotopic (exact) mass is 533 g/mol. The fourth-order valence-electron chi connectivity index (χ4n) is 4.96. The summed E-state index contributed by atoms with van der Waals surface area (Å²) < 4.78 is 29.9. The van der Waals surface area contributed by atoms with E-state index in [1.807, 2.05) is 42.9 Å². The first kappa shape index (κ1) is 26.1. The maximum atomic E-state index is 12.5. The first-order valence-electron chi connectivity index (χ1n) is 13.3. The topological polar surface area (TPSA) is 114 Å². The Bertz CT molecular complexity index is 1400. The number of nitrogens with one attached hydrogen (secondary N) is 3. The van der Waals surface area contributed by atoms with Crippen molar-refractivity contribution in [2.45, 2.75) is 43.5 Å². The van der Waals surface area contributed by atoms with Gasteiger partial charge in [-0.3, -0.25) is 0 Å². The summed E-state index contributed by atoms with van der Waals surface area (Å²) in [5, 5.41) is 7.97. The molecule has 5 rings (SSSR count). The highest BCUT2D eigenvalue weighted by Gasteiger charge is 2.23. The largest absolute Gasteiger partial charge is 0.369 e. The fourth-order valence-corrected chi connectivity index (χ4v) is 6.10. The van der Waals surface area contributed by atoms with Gasteiger partial charge in [-0.05, 0) is 68.2 Å². The van der Waals surface area contributed by atoms with Crippen molar-refractivity contribution in [3.63, 3.8) is 0 Å².